The zero-order valence-corrected chi connectivity index (χ0v) is 20.5. The van der Waals surface area contributed by atoms with E-state index in [4.69, 9.17) is 0 Å². The highest BCUT2D eigenvalue weighted by Gasteiger charge is 2.22. The van der Waals surface area contributed by atoms with Crippen molar-refractivity contribution in [1.82, 2.24) is 9.88 Å². The number of benzene rings is 1. The highest BCUT2D eigenvalue weighted by molar-refractivity contribution is 7.14. The molecule has 1 aromatic carbocycles. The lowest BCUT2D eigenvalue weighted by Crippen LogP contribution is -2.36. The lowest BCUT2D eigenvalue weighted by atomic mass is 9.92. The van der Waals surface area contributed by atoms with Gasteiger partial charge < -0.3 is 4.90 Å². The highest BCUT2D eigenvalue weighted by Crippen LogP contribution is 2.35. The van der Waals surface area contributed by atoms with Gasteiger partial charge in [0.15, 0.2) is 0 Å². The molecule has 1 aliphatic rings. The molecular formula is C28H34N2OS. The van der Waals surface area contributed by atoms with E-state index in [2.05, 4.69) is 68.4 Å². The quantitative estimate of drug-likeness (QED) is 0.394. The summed E-state index contributed by atoms with van der Waals surface area (Å²) in [6, 6.07) is 13.0. The molecule has 0 unspecified atom stereocenters. The maximum Gasteiger partial charge on any atom is 0.254 e. The summed E-state index contributed by atoms with van der Waals surface area (Å²) in [6.45, 7) is 10.6. The molecule has 2 aromatic heterocycles. The van der Waals surface area contributed by atoms with Crippen LogP contribution in [0, 0.1) is 5.92 Å². The minimum absolute atomic E-state index is 0.195. The van der Waals surface area contributed by atoms with Crippen LogP contribution in [-0.2, 0) is 6.42 Å². The number of carbonyl (C=O) groups is 1. The Hall–Kier alpha value is -2.46. The van der Waals surface area contributed by atoms with Gasteiger partial charge in [0.2, 0.25) is 0 Å². The summed E-state index contributed by atoms with van der Waals surface area (Å²) < 4.78 is 0. The monoisotopic (exact) mass is 446 g/mol. The summed E-state index contributed by atoms with van der Waals surface area (Å²) >= 11 is 1.77. The van der Waals surface area contributed by atoms with Crippen molar-refractivity contribution >= 4 is 17.2 Å². The van der Waals surface area contributed by atoms with Crippen LogP contribution in [0.15, 0.2) is 48.0 Å². The van der Waals surface area contributed by atoms with Crippen LogP contribution in [0.25, 0.3) is 21.6 Å². The molecule has 1 fully saturated rings. The molecule has 0 N–H and O–H groups in total. The molecule has 4 heteroatoms. The molecule has 32 heavy (non-hydrogen) atoms. The minimum Gasteiger partial charge on any atom is -0.339 e. The van der Waals surface area contributed by atoms with E-state index in [-0.39, 0.29) is 5.91 Å². The number of piperidine rings is 1. The Morgan fingerprint density at radius 2 is 1.75 bits per heavy atom. The number of thiophene rings is 1. The first-order chi connectivity index (χ1) is 15.4. The third-order valence-electron chi connectivity index (χ3n) is 6.20. The third kappa shape index (κ3) is 5.12. The number of carbonyl (C=O) groups excluding carboxylic acids is 1. The SMILES string of the molecule is CC(C)Cc1cc(-c2cc(-c3ccc(C(=O)N4CCCCC4)c(C(C)C)c3)cs2)ccn1. The second kappa shape index (κ2) is 9.99. The van der Waals surface area contributed by atoms with Crippen LogP contribution in [0.5, 0.6) is 0 Å². The molecule has 3 aromatic rings. The zero-order valence-electron chi connectivity index (χ0n) is 19.7. The minimum atomic E-state index is 0.195. The maximum absolute atomic E-state index is 13.2. The van der Waals surface area contributed by atoms with Gasteiger partial charge in [0.25, 0.3) is 5.91 Å². The molecule has 1 aliphatic heterocycles. The van der Waals surface area contributed by atoms with Crippen LogP contribution in [0.2, 0.25) is 0 Å². The van der Waals surface area contributed by atoms with Crippen LogP contribution in [0.4, 0.5) is 0 Å². The van der Waals surface area contributed by atoms with Crippen molar-refractivity contribution in [3.63, 3.8) is 0 Å². The predicted octanol–water partition coefficient (Wildman–Crippen LogP) is 7.43. The fraction of sp³-hybridized carbons (Fsp3) is 0.429. The standard InChI is InChI=1S/C28H34N2OS/c1-19(2)14-24-15-22(10-11-29-24)27-17-23(18-32-27)21-8-9-25(26(16-21)20(3)4)28(31)30-12-6-5-7-13-30/h8-11,15-20H,5-7,12-14H2,1-4H3. The molecule has 0 radical (unpaired) electrons. The van der Waals surface area contributed by atoms with Crippen LogP contribution in [0.1, 0.15) is 74.5 Å². The Bertz CT molecular complexity index is 1080. The summed E-state index contributed by atoms with van der Waals surface area (Å²) in [5.74, 6) is 1.09. The molecule has 1 amide bonds. The summed E-state index contributed by atoms with van der Waals surface area (Å²) in [7, 11) is 0. The molecule has 1 saturated heterocycles. The van der Waals surface area contributed by atoms with Gasteiger partial charge in [-0.2, -0.15) is 0 Å². The second-order valence-electron chi connectivity index (χ2n) is 9.64. The molecule has 0 spiro atoms. The van der Waals surface area contributed by atoms with E-state index in [0.717, 1.165) is 49.2 Å². The Morgan fingerprint density at radius 3 is 2.47 bits per heavy atom. The first kappa shape index (κ1) is 22.7. The Balaban J connectivity index is 1.61. The number of nitrogens with zero attached hydrogens (tertiary/aromatic N) is 2. The van der Waals surface area contributed by atoms with E-state index in [1.54, 1.807) is 11.3 Å². The number of pyridine rings is 1. The molecule has 0 bridgehead atoms. The van der Waals surface area contributed by atoms with Gasteiger partial charge in [-0.3, -0.25) is 9.78 Å². The zero-order chi connectivity index (χ0) is 22.7. The van der Waals surface area contributed by atoms with E-state index >= 15 is 0 Å². The number of hydrogen-bond acceptors (Lipinski definition) is 3. The molecule has 3 nitrogen and oxygen atoms in total. The summed E-state index contributed by atoms with van der Waals surface area (Å²) in [5.41, 5.74) is 6.79. The largest absolute Gasteiger partial charge is 0.339 e. The first-order valence-electron chi connectivity index (χ1n) is 11.9. The molecule has 0 atom stereocenters. The molecule has 3 heterocycles. The van der Waals surface area contributed by atoms with Gasteiger partial charge in [0.05, 0.1) is 0 Å². The van der Waals surface area contributed by atoms with E-state index < -0.39 is 0 Å². The number of amides is 1. The van der Waals surface area contributed by atoms with Crippen molar-refractivity contribution in [2.24, 2.45) is 5.92 Å². The lowest BCUT2D eigenvalue weighted by molar-refractivity contribution is 0.0723. The molecule has 0 aliphatic carbocycles. The van der Waals surface area contributed by atoms with E-state index in [9.17, 15) is 4.79 Å². The van der Waals surface area contributed by atoms with Gasteiger partial charge in [-0.05, 0) is 89.4 Å². The molecule has 168 valence electrons. The van der Waals surface area contributed by atoms with E-state index in [1.165, 1.54) is 28.0 Å². The van der Waals surface area contributed by atoms with Crippen LogP contribution in [0.3, 0.4) is 0 Å². The van der Waals surface area contributed by atoms with Gasteiger partial charge >= 0.3 is 0 Å². The summed E-state index contributed by atoms with van der Waals surface area (Å²) in [6.07, 6.45) is 6.39. The van der Waals surface area contributed by atoms with Crippen molar-refractivity contribution in [2.45, 2.75) is 59.3 Å². The van der Waals surface area contributed by atoms with Crippen LogP contribution in [-0.4, -0.2) is 28.9 Å². The topological polar surface area (TPSA) is 33.2 Å². The lowest BCUT2D eigenvalue weighted by Gasteiger charge is -2.28. The Morgan fingerprint density at radius 1 is 0.969 bits per heavy atom. The van der Waals surface area contributed by atoms with Crippen molar-refractivity contribution in [3.8, 4) is 21.6 Å². The Kier molecular flexibility index (Phi) is 7.10. The fourth-order valence-corrected chi connectivity index (χ4v) is 5.40. The molecule has 0 saturated carbocycles. The van der Waals surface area contributed by atoms with Crippen molar-refractivity contribution in [3.05, 3.63) is 64.8 Å². The number of aromatic nitrogens is 1. The van der Waals surface area contributed by atoms with Gasteiger partial charge in [0, 0.05) is 35.4 Å². The highest BCUT2D eigenvalue weighted by atomic mass is 32.1. The van der Waals surface area contributed by atoms with Crippen molar-refractivity contribution in [2.75, 3.05) is 13.1 Å². The Labute approximate surface area is 196 Å². The van der Waals surface area contributed by atoms with Gasteiger partial charge in [-0.15, -0.1) is 11.3 Å². The van der Waals surface area contributed by atoms with Crippen LogP contribution >= 0.6 is 11.3 Å². The fourth-order valence-electron chi connectivity index (χ4n) is 4.48. The third-order valence-corrected chi connectivity index (χ3v) is 7.18. The van der Waals surface area contributed by atoms with Crippen LogP contribution < -0.4 is 0 Å². The average molecular weight is 447 g/mol. The maximum atomic E-state index is 13.2. The summed E-state index contributed by atoms with van der Waals surface area (Å²) in [5, 5.41) is 2.23. The summed E-state index contributed by atoms with van der Waals surface area (Å²) in [4.78, 5) is 21.0. The first-order valence-corrected chi connectivity index (χ1v) is 12.8. The van der Waals surface area contributed by atoms with E-state index in [0.29, 0.717) is 11.8 Å². The number of likely N-dealkylation sites (tertiary alicyclic amines) is 1. The molecular weight excluding hydrogens is 412 g/mol. The van der Waals surface area contributed by atoms with Crippen molar-refractivity contribution < 1.29 is 4.79 Å². The van der Waals surface area contributed by atoms with E-state index in [1.807, 2.05) is 17.2 Å². The number of hydrogen-bond donors (Lipinski definition) is 0. The average Bonchev–Trinajstić information content (AvgIpc) is 3.29. The van der Waals surface area contributed by atoms with Gasteiger partial charge in [-0.25, -0.2) is 0 Å². The molecule has 4 rings (SSSR count). The second-order valence-corrected chi connectivity index (χ2v) is 10.6. The van der Waals surface area contributed by atoms with Gasteiger partial charge in [-0.1, -0.05) is 39.8 Å². The van der Waals surface area contributed by atoms with Crippen molar-refractivity contribution in [1.29, 1.82) is 0 Å². The van der Waals surface area contributed by atoms with Gasteiger partial charge in [0.1, 0.15) is 0 Å². The smallest absolute Gasteiger partial charge is 0.254 e. The normalized spacial score (nSPS) is 14.4. The number of rotatable bonds is 6. The predicted molar refractivity (Wildman–Crippen MR) is 135 cm³/mol.